The molecule has 7 rings (SSSR count). The van der Waals surface area contributed by atoms with E-state index in [1.165, 1.54) is 61.5 Å². The van der Waals surface area contributed by atoms with E-state index in [0.29, 0.717) is 0 Å². The number of unbranched alkanes of at least 4 members (excludes halogenated alkanes) is 2. The first-order valence-corrected chi connectivity index (χ1v) is 17.4. The van der Waals surface area contributed by atoms with E-state index in [1.807, 2.05) is 0 Å². The maximum atomic E-state index is 3.60. The molecule has 0 atom stereocenters. The van der Waals surface area contributed by atoms with E-state index in [-0.39, 0.29) is 26.2 Å². The van der Waals surface area contributed by atoms with Gasteiger partial charge >= 0.3 is 26.2 Å². The van der Waals surface area contributed by atoms with Crippen molar-refractivity contribution in [3.8, 4) is 11.1 Å². The van der Waals surface area contributed by atoms with Gasteiger partial charge in [0, 0.05) is 0 Å². The van der Waals surface area contributed by atoms with Gasteiger partial charge in [0.2, 0.25) is 0 Å². The number of rotatable bonds is 5. The molecule has 0 N–H and O–H groups in total. The van der Waals surface area contributed by atoms with E-state index in [9.17, 15) is 0 Å². The Labute approximate surface area is 306 Å². The van der Waals surface area contributed by atoms with Crippen LogP contribution in [0.2, 0.25) is 0 Å². The van der Waals surface area contributed by atoms with Crippen molar-refractivity contribution in [1.82, 2.24) is 0 Å². The zero-order chi connectivity index (χ0) is 32.8. The topological polar surface area (TPSA) is 0 Å². The van der Waals surface area contributed by atoms with Gasteiger partial charge in [-0.25, -0.2) is 0 Å². The second-order valence-electron chi connectivity index (χ2n) is 10.9. The Bertz CT molecular complexity index is 1670. The van der Waals surface area contributed by atoms with Crippen molar-refractivity contribution >= 4 is 41.4 Å². The largest absolute Gasteiger partial charge is 4.00 e. The smallest absolute Gasteiger partial charge is 0.343 e. The predicted octanol–water partition coefficient (Wildman–Crippen LogP) is 11.7. The minimum absolute atomic E-state index is 0. The zero-order valence-electron chi connectivity index (χ0n) is 28.3. The monoisotopic (exact) mass is 706 g/mol. The van der Waals surface area contributed by atoms with Crippen LogP contribution in [0.4, 0.5) is 0 Å². The van der Waals surface area contributed by atoms with Crippen LogP contribution in [0, 0.1) is 20.8 Å². The summed E-state index contributed by atoms with van der Waals surface area (Å²) in [5.41, 5.74) is 3.95. The quantitative estimate of drug-likeness (QED) is 0.123. The molecule has 0 amide bonds. The average molecular weight is 708 g/mol. The van der Waals surface area contributed by atoms with Crippen LogP contribution >= 0.6 is 0 Å². The Morgan fingerprint density at radius 3 is 1.60 bits per heavy atom. The van der Waals surface area contributed by atoms with Gasteiger partial charge < -0.3 is 13.8 Å². The maximum absolute atomic E-state index is 3.60. The van der Waals surface area contributed by atoms with Crippen molar-refractivity contribution in [2.24, 2.45) is 0 Å². The van der Waals surface area contributed by atoms with Crippen LogP contribution in [-0.2, 0) is 26.2 Å². The molecule has 236 valence electrons. The first-order valence-electron chi connectivity index (χ1n) is 16.4. The SMILES string of the molecule is Cc1cc2ccccc2[cH-]1.[CH2-]CCC.[CH2-]CCC.[Zr+4].c1ccc(-c2cccc3[cH-]ccc23)cc1.c1ccc([Si]c2ccccc2)cc1. The summed E-state index contributed by atoms with van der Waals surface area (Å²) < 4.78 is 0. The molecule has 0 aliphatic carbocycles. The van der Waals surface area contributed by atoms with Crippen molar-refractivity contribution < 1.29 is 26.2 Å². The van der Waals surface area contributed by atoms with Crippen molar-refractivity contribution in [2.75, 3.05) is 0 Å². The van der Waals surface area contributed by atoms with Crippen LogP contribution in [0.1, 0.15) is 45.1 Å². The van der Waals surface area contributed by atoms with Crippen molar-refractivity contribution in [3.63, 3.8) is 0 Å². The van der Waals surface area contributed by atoms with E-state index in [1.54, 1.807) is 0 Å². The molecule has 2 radical (unpaired) electrons. The van der Waals surface area contributed by atoms with Gasteiger partial charge in [-0.15, -0.1) is 69.6 Å². The Morgan fingerprint density at radius 1 is 0.574 bits per heavy atom. The summed E-state index contributed by atoms with van der Waals surface area (Å²) in [6.07, 6.45) is 4.56. The molecular formula is C45H48SiZr. The number of fused-ring (bicyclic) bond motifs is 2. The van der Waals surface area contributed by atoms with Crippen LogP contribution in [-0.4, -0.2) is 9.52 Å². The zero-order valence-corrected chi connectivity index (χ0v) is 31.8. The molecule has 0 unspecified atom stereocenters. The third-order valence-corrected chi connectivity index (χ3v) is 8.31. The van der Waals surface area contributed by atoms with Gasteiger partial charge in [0.05, 0.1) is 0 Å². The molecule has 0 heterocycles. The van der Waals surface area contributed by atoms with E-state index in [2.05, 4.69) is 198 Å². The Morgan fingerprint density at radius 2 is 1.06 bits per heavy atom. The summed E-state index contributed by atoms with van der Waals surface area (Å²) in [6, 6.07) is 57.4. The van der Waals surface area contributed by atoms with E-state index in [0.717, 1.165) is 22.4 Å². The van der Waals surface area contributed by atoms with Crippen LogP contribution in [0.3, 0.4) is 0 Å². The number of hydrogen-bond donors (Lipinski definition) is 0. The molecule has 0 saturated carbocycles. The van der Waals surface area contributed by atoms with E-state index < -0.39 is 0 Å². The van der Waals surface area contributed by atoms with Crippen molar-refractivity contribution in [1.29, 1.82) is 0 Å². The van der Waals surface area contributed by atoms with Crippen LogP contribution in [0.25, 0.3) is 32.7 Å². The molecule has 0 aromatic heterocycles. The summed E-state index contributed by atoms with van der Waals surface area (Å²) in [4.78, 5) is 0. The van der Waals surface area contributed by atoms with Gasteiger partial charge in [-0.05, 0) is 5.56 Å². The molecule has 0 aliphatic rings. The van der Waals surface area contributed by atoms with Gasteiger partial charge in [-0.2, -0.15) is 31.0 Å². The van der Waals surface area contributed by atoms with Gasteiger partial charge in [-0.1, -0.05) is 153 Å². The molecule has 0 nitrogen and oxygen atoms in total. The first kappa shape index (κ1) is 39.6. The molecule has 47 heavy (non-hydrogen) atoms. The molecular weight excluding hydrogens is 660 g/mol. The molecule has 2 heteroatoms. The summed E-state index contributed by atoms with van der Waals surface area (Å²) in [5, 5.41) is 8.14. The third-order valence-electron chi connectivity index (χ3n) is 7.07. The second kappa shape index (κ2) is 23.7. The Hall–Kier alpha value is -3.58. The molecule has 7 aromatic rings. The standard InChI is InChI=1S/C15H11.C12H10Si.C10H9.2C4H9.Zr/c1-2-6-12(7-3-1)14-10-4-8-13-9-5-11-15(13)14;1-3-7-11(8-4-1)13-12-9-5-2-6-10-12;1-8-6-9-4-2-3-5-10(9)7-8;2*1-3-4-2;/h1-11H;1-10H;2-7H,1H3;2*1,3-4H2,2H3;/q-1;;3*-1;+4. The fourth-order valence-electron chi connectivity index (χ4n) is 4.55. The first-order chi connectivity index (χ1) is 22.6. The second-order valence-corrected chi connectivity index (χ2v) is 12.3. The molecule has 0 saturated heterocycles. The van der Waals surface area contributed by atoms with E-state index >= 15 is 0 Å². The fraction of sp³-hybridized carbons (Fsp3) is 0.156. The van der Waals surface area contributed by atoms with Gasteiger partial charge in [-0.3, -0.25) is 0 Å². The molecule has 7 aromatic carbocycles. The van der Waals surface area contributed by atoms with Gasteiger partial charge in [0.15, 0.2) is 0 Å². The van der Waals surface area contributed by atoms with Gasteiger partial charge in [0.1, 0.15) is 9.52 Å². The van der Waals surface area contributed by atoms with E-state index in [4.69, 9.17) is 0 Å². The van der Waals surface area contributed by atoms with Crippen molar-refractivity contribution in [3.05, 3.63) is 183 Å². The minimum atomic E-state index is 0. The fourth-order valence-corrected chi connectivity index (χ4v) is 5.60. The van der Waals surface area contributed by atoms with Crippen molar-refractivity contribution in [2.45, 2.75) is 46.5 Å². The van der Waals surface area contributed by atoms with Crippen LogP contribution in [0.5, 0.6) is 0 Å². The minimum Gasteiger partial charge on any atom is -0.343 e. The predicted molar refractivity (Wildman–Crippen MR) is 208 cm³/mol. The van der Waals surface area contributed by atoms with Crippen LogP contribution in [0.15, 0.2) is 164 Å². The average Bonchev–Trinajstić information content (AvgIpc) is 3.76. The summed E-state index contributed by atoms with van der Waals surface area (Å²) in [7, 11) is 0.777. The molecule has 0 fully saturated rings. The normalized spacial score (nSPS) is 9.64. The van der Waals surface area contributed by atoms with Crippen LogP contribution < -0.4 is 10.4 Å². The third kappa shape index (κ3) is 14.4. The molecule has 0 spiro atoms. The van der Waals surface area contributed by atoms with Gasteiger partial charge in [0.25, 0.3) is 0 Å². The molecule has 0 bridgehead atoms. The summed E-state index contributed by atoms with van der Waals surface area (Å²) >= 11 is 0. The number of aryl methyl sites for hydroxylation is 1. The Balaban J connectivity index is 0.000000221. The maximum Gasteiger partial charge on any atom is 4.00 e. The summed E-state index contributed by atoms with van der Waals surface area (Å²) in [6.45, 7) is 13.6. The summed E-state index contributed by atoms with van der Waals surface area (Å²) in [5.74, 6) is 0. The number of benzene rings is 5. The number of hydrogen-bond acceptors (Lipinski definition) is 0. The Kier molecular flexibility index (Phi) is 20.0. The molecule has 0 aliphatic heterocycles.